The molecule has 0 saturated carbocycles. The number of likely N-dealkylation sites (tertiary alicyclic amines) is 1. The van der Waals surface area contributed by atoms with E-state index in [0.717, 1.165) is 12.8 Å². The number of carbonyl (C=O) groups is 3. The fourth-order valence-corrected chi connectivity index (χ4v) is 3.46. The van der Waals surface area contributed by atoms with Crippen molar-refractivity contribution in [3.05, 3.63) is 24.4 Å². The summed E-state index contributed by atoms with van der Waals surface area (Å²) in [6.07, 6.45) is 4.12. The fourth-order valence-electron chi connectivity index (χ4n) is 3.46. The summed E-state index contributed by atoms with van der Waals surface area (Å²) in [7, 11) is 0. The van der Waals surface area contributed by atoms with Gasteiger partial charge in [0.15, 0.2) is 0 Å². The molecule has 2 aliphatic rings. The van der Waals surface area contributed by atoms with Gasteiger partial charge in [-0.1, -0.05) is 6.07 Å². The van der Waals surface area contributed by atoms with Crippen molar-refractivity contribution < 1.29 is 14.4 Å². The molecule has 3 amide bonds. The summed E-state index contributed by atoms with van der Waals surface area (Å²) in [4.78, 5) is 42.7. The van der Waals surface area contributed by atoms with Crippen LogP contribution in [-0.2, 0) is 14.4 Å². The number of nitrogens with zero attached hydrogens (tertiary/aromatic N) is 2. The third-order valence-electron chi connectivity index (χ3n) is 5.09. The molecule has 2 unspecified atom stereocenters. The van der Waals surface area contributed by atoms with E-state index in [1.165, 1.54) is 0 Å². The number of hydrogen-bond acceptors (Lipinski definition) is 4. The smallest absolute Gasteiger partial charge is 0.230 e. The van der Waals surface area contributed by atoms with Gasteiger partial charge in [-0.15, -0.1) is 0 Å². The molecule has 2 aliphatic heterocycles. The predicted octanol–water partition coefficient (Wildman–Crippen LogP) is 1.17. The van der Waals surface area contributed by atoms with Crippen LogP contribution in [0.3, 0.4) is 0 Å². The first-order valence-electron chi connectivity index (χ1n) is 8.76. The Morgan fingerprint density at radius 2 is 2.24 bits per heavy atom. The molecule has 1 aromatic heterocycles. The highest BCUT2D eigenvalue weighted by Gasteiger charge is 2.41. The first kappa shape index (κ1) is 17.4. The Labute approximate surface area is 147 Å². The number of pyridine rings is 1. The monoisotopic (exact) mass is 344 g/mol. The zero-order valence-electron chi connectivity index (χ0n) is 14.5. The minimum absolute atomic E-state index is 0.00321. The van der Waals surface area contributed by atoms with E-state index in [9.17, 15) is 14.4 Å². The van der Waals surface area contributed by atoms with E-state index in [1.54, 1.807) is 23.2 Å². The number of amides is 3. The standard InChI is InChI=1S/C18H24N4O3/c1-18(8-7-15(23)20-12-18)17(25)22-10-4-5-13(11-22)16(24)21-14-6-2-3-9-19-14/h2-3,6,9,13H,4-5,7-8,10-12H2,1H3,(H,20,23)(H,19,21,24). The highest BCUT2D eigenvalue weighted by Crippen LogP contribution is 2.30. The van der Waals surface area contributed by atoms with Gasteiger partial charge < -0.3 is 15.5 Å². The summed E-state index contributed by atoms with van der Waals surface area (Å²) in [5, 5.41) is 5.61. The van der Waals surface area contributed by atoms with Gasteiger partial charge in [0.25, 0.3) is 0 Å². The van der Waals surface area contributed by atoms with E-state index in [2.05, 4.69) is 15.6 Å². The van der Waals surface area contributed by atoms with Crippen molar-refractivity contribution in [1.29, 1.82) is 0 Å². The maximum absolute atomic E-state index is 12.9. The number of aromatic nitrogens is 1. The second kappa shape index (κ2) is 7.21. The number of hydrogen-bond donors (Lipinski definition) is 2. The van der Waals surface area contributed by atoms with E-state index in [-0.39, 0.29) is 23.6 Å². The van der Waals surface area contributed by atoms with Gasteiger partial charge in [-0.3, -0.25) is 14.4 Å². The Balaban J connectivity index is 1.61. The van der Waals surface area contributed by atoms with Gasteiger partial charge in [-0.25, -0.2) is 4.98 Å². The second-order valence-corrected chi connectivity index (χ2v) is 7.13. The summed E-state index contributed by atoms with van der Waals surface area (Å²) in [6, 6.07) is 5.35. The van der Waals surface area contributed by atoms with Crippen LogP contribution in [0.15, 0.2) is 24.4 Å². The fraction of sp³-hybridized carbons (Fsp3) is 0.556. The lowest BCUT2D eigenvalue weighted by Gasteiger charge is -2.40. The topological polar surface area (TPSA) is 91.4 Å². The van der Waals surface area contributed by atoms with Crippen LogP contribution in [-0.4, -0.2) is 47.2 Å². The van der Waals surface area contributed by atoms with Gasteiger partial charge >= 0.3 is 0 Å². The third kappa shape index (κ3) is 3.97. The molecule has 3 heterocycles. The van der Waals surface area contributed by atoms with Crippen LogP contribution in [0.25, 0.3) is 0 Å². The van der Waals surface area contributed by atoms with Crippen molar-refractivity contribution in [2.75, 3.05) is 25.0 Å². The summed E-state index contributed by atoms with van der Waals surface area (Å²) in [5.41, 5.74) is -0.576. The number of rotatable bonds is 3. The Hall–Kier alpha value is -2.44. The molecule has 2 saturated heterocycles. The predicted molar refractivity (Wildman–Crippen MR) is 92.5 cm³/mol. The first-order valence-corrected chi connectivity index (χ1v) is 8.76. The molecule has 7 heteroatoms. The van der Waals surface area contributed by atoms with Crippen LogP contribution in [0.5, 0.6) is 0 Å². The molecular weight excluding hydrogens is 320 g/mol. The van der Waals surface area contributed by atoms with Crippen LogP contribution >= 0.6 is 0 Å². The van der Waals surface area contributed by atoms with Crippen LogP contribution < -0.4 is 10.6 Å². The van der Waals surface area contributed by atoms with Gasteiger partial charge in [0, 0.05) is 32.3 Å². The molecule has 134 valence electrons. The minimum atomic E-state index is -0.576. The van der Waals surface area contributed by atoms with Crippen LogP contribution in [0.2, 0.25) is 0 Å². The Kier molecular flexibility index (Phi) is 5.01. The molecule has 0 aliphatic carbocycles. The molecule has 1 aromatic rings. The highest BCUT2D eigenvalue weighted by atomic mass is 16.2. The average Bonchev–Trinajstić information content (AvgIpc) is 2.64. The van der Waals surface area contributed by atoms with E-state index < -0.39 is 5.41 Å². The molecule has 3 rings (SSSR count). The normalized spacial score (nSPS) is 26.7. The first-order chi connectivity index (χ1) is 12.0. The van der Waals surface area contributed by atoms with E-state index in [0.29, 0.717) is 38.3 Å². The lowest BCUT2D eigenvalue weighted by molar-refractivity contribution is -0.146. The van der Waals surface area contributed by atoms with Crippen LogP contribution in [0, 0.1) is 11.3 Å². The molecular formula is C18H24N4O3. The SMILES string of the molecule is CC1(C(=O)N2CCCC(C(=O)Nc3ccccn3)C2)CCC(=O)NC1. The van der Waals surface area contributed by atoms with Crippen molar-refractivity contribution in [3.8, 4) is 0 Å². The highest BCUT2D eigenvalue weighted by molar-refractivity contribution is 5.93. The van der Waals surface area contributed by atoms with E-state index >= 15 is 0 Å². The van der Waals surface area contributed by atoms with Gasteiger partial charge in [0.1, 0.15) is 5.82 Å². The lowest BCUT2D eigenvalue weighted by Crippen LogP contribution is -2.54. The zero-order valence-corrected chi connectivity index (χ0v) is 14.5. The van der Waals surface area contributed by atoms with Crippen molar-refractivity contribution in [2.45, 2.75) is 32.6 Å². The third-order valence-corrected chi connectivity index (χ3v) is 5.09. The Bertz CT molecular complexity index is 652. The van der Waals surface area contributed by atoms with Crippen molar-refractivity contribution in [1.82, 2.24) is 15.2 Å². The Morgan fingerprint density at radius 1 is 1.40 bits per heavy atom. The molecule has 0 radical (unpaired) electrons. The molecule has 0 bridgehead atoms. The van der Waals surface area contributed by atoms with Gasteiger partial charge in [0.2, 0.25) is 17.7 Å². The maximum Gasteiger partial charge on any atom is 0.230 e. The summed E-state index contributed by atoms with van der Waals surface area (Å²) in [5.74, 6) is 0.220. The maximum atomic E-state index is 12.9. The summed E-state index contributed by atoms with van der Waals surface area (Å²) >= 11 is 0. The van der Waals surface area contributed by atoms with E-state index in [1.807, 2.05) is 13.0 Å². The Morgan fingerprint density at radius 3 is 2.92 bits per heavy atom. The van der Waals surface area contributed by atoms with Crippen molar-refractivity contribution in [2.24, 2.45) is 11.3 Å². The number of carbonyl (C=O) groups excluding carboxylic acids is 3. The quantitative estimate of drug-likeness (QED) is 0.861. The zero-order chi connectivity index (χ0) is 17.9. The van der Waals surface area contributed by atoms with Crippen LogP contribution in [0.1, 0.15) is 32.6 Å². The number of anilines is 1. The molecule has 0 aromatic carbocycles. The van der Waals surface area contributed by atoms with E-state index in [4.69, 9.17) is 0 Å². The molecule has 2 N–H and O–H groups in total. The summed E-state index contributed by atoms with van der Waals surface area (Å²) in [6.45, 7) is 3.34. The van der Waals surface area contributed by atoms with Gasteiger partial charge in [-0.05, 0) is 38.3 Å². The second-order valence-electron chi connectivity index (χ2n) is 7.13. The molecule has 7 nitrogen and oxygen atoms in total. The summed E-state index contributed by atoms with van der Waals surface area (Å²) < 4.78 is 0. The van der Waals surface area contributed by atoms with Crippen molar-refractivity contribution >= 4 is 23.5 Å². The lowest BCUT2D eigenvalue weighted by atomic mass is 9.80. The largest absolute Gasteiger partial charge is 0.355 e. The van der Waals surface area contributed by atoms with Gasteiger partial charge in [0.05, 0.1) is 11.3 Å². The number of piperidine rings is 2. The average molecular weight is 344 g/mol. The van der Waals surface area contributed by atoms with Gasteiger partial charge in [-0.2, -0.15) is 0 Å². The van der Waals surface area contributed by atoms with Crippen LogP contribution in [0.4, 0.5) is 5.82 Å². The minimum Gasteiger partial charge on any atom is -0.355 e. The number of nitrogens with one attached hydrogen (secondary N) is 2. The molecule has 25 heavy (non-hydrogen) atoms. The molecule has 0 spiro atoms. The molecule has 2 fully saturated rings. The van der Waals surface area contributed by atoms with Crippen molar-refractivity contribution in [3.63, 3.8) is 0 Å². The molecule has 2 atom stereocenters.